The first kappa shape index (κ1) is 21.1. The Hall–Kier alpha value is -2.18. The van der Waals surface area contributed by atoms with E-state index >= 15 is 0 Å². The van der Waals surface area contributed by atoms with Gasteiger partial charge in [0.25, 0.3) is 0 Å². The van der Waals surface area contributed by atoms with Crippen LogP contribution in [0.5, 0.6) is 0 Å². The number of amides is 2. The van der Waals surface area contributed by atoms with Crippen molar-refractivity contribution in [2.45, 2.75) is 77.7 Å². The number of hydrogen-bond donors (Lipinski definition) is 1. The lowest BCUT2D eigenvalue weighted by molar-refractivity contribution is -0.133. The summed E-state index contributed by atoms with van der Waals surface area (Å²) in [5.74, 6) is 2.42. The summed E-state index contributed by atoms with van der Waals surface area (Å²) in [6.45, 7) is 6.43. The van der Waals surface area contributed by atoms with E-state index in [-0.39, 0.29) is 24.4 Å². The maximum Gasteiger partial charge on any atom is 0.242 e. The van der Waals surface area contributed by atoms with Gasteiger partial charge in [-0.1, -0.05) is 19.3 Å². The molecule has 1 aliphatic carbocycles. The standard InChI is InChI=1S/C23H35N5O2/c1-16-19-10-6-12-27(15-18-8-4-3-5-9-18)23(19)26-22(25-16)20-11-7-13-28(20)21(30)14-24-17(2)29/h18,20H,3-15H2,1-2H3,(H,24,29). The van der Waals surface area contributed by atoms with Gasteiger partial charge in [-0.2, -0.15) is 0 Å². The minimum atomic E-state index is -0.182. The molecule has 2 fully saturated rings. The number of anilines is 1. The molecule has 1 saturated carbocycles. The van der Waals surface area contributed by atoms with E-state index in [1.807, 2.05) is 4.90 Å². The molecule has 0 aromatic carbocycles. The van der Waals surface area contributed by atoms with Gasteiger partial charge in [-0.25, -0.2) is 9.97 Å². The van der Waals surface area contributed by atoms with Gasteiger partial charge in [0.2, 0.25) is 11.8 Å². The second-order valence-corrected chi connectivity index (χ2v) is 9.18. The third-order valence-electron chi connectivity index (χ3n) is 6.93. The Kier molecular flexibility index (Phi) is 6.54. The van der Waals surface area contributed by atoms with Crippen LogP contribution in [0, 0.1) is 12.8 Å². The molecule has 1 aromatic rings. The van der Waals surface area contributed by atoms with Crippen molar-refractivity contribution < 1.29 is 9.59 Å². The topological polar surface area (TPSA) is 78.4 Å². The average molecular weight is 414 g/mol. The van der Waals surface area contributed by atoms with Crippen molar-refractivity contribution in [3.63, 3.8) is 0 Å². The highest BCUT2D eigenvalue weighted by atomic mass is 16.2. The number of fused-ring (bicyclic) bond motifs is 1. The summed E-state index contributed by atoms with van der Waals surface area (Å²) in [5, 5.41) is 2.63. The maximum atomic E-state index is 12.7. The van der Waals surface area contributed by atoms with E-state index in [9.17, 15) is 9.59 Å². The van der Waals surface area contributed by atoms with Crippen molar-refractivity contribution >= 4 is 17.6 Å². The quantitative estimate of drug-likeness (QED) is 0.803. The molecule has 3 aliphatic rings. The highest BCUT2D eigenvalue weighted by molar-refractivity contribution is 5.84. The van der Waals surface area contributed by atoms with E-state index in [4.69, 9.17) is 9.97 Å². The molecule has 3 heterocycles. The summed E-state index contributed by atoms with van der Waals surface area (Å²) < 4.78 is 0. The normalized spacial score (nSPS) is 22.1. The molecular formula is C23H35N5O2. The molecule has 1 saturated heterocycles. The van der Waals surface area contributed by atoms with Crippen molar-refractivity contribution in [3.8, 4) is 0 Å². The lowest BCUT2D eigenvalue weighted by Gasteiger charge is -2.35. The molecule has 2 amide bonds. The number of carbonyl (C=O) groups is 2. The van der Waals surface area contributed by atoms with Crippen molar-refractivity contribution in [3.05, 3.63) is 17.1 Å². The average Bonchev–Trinajstić information content (AvgIpc) is 3.23. The zero-order valence-corrected chi connectivity index (χ0v) is 18.5. The van der Waals surface area contributed by atoms with Crippen LogP contribution < -0.4 is 10.2 Å². The zero-order valence-electron chi connectivity index (χ0n) is 18.5. The molecule has 30 heavy (non-hydrogen) atoms. The first-order valence-corrected chi connectivity index (χ1v) is 11.7. The number of nitrogens with zero attached hydrogens (tertiary/aromatic N) is 4. The van der Waals surface area contributed by atoms with E-state index in [2.05, 4.69) is 17.1 Å². The molecule has 0 spiro atoms. The molecule has 7 nitrogen and oxygen atoms in total. The van der Waals surface area contributed by atoms with Gasteiger partial charge in [-0.15, -0.1) is 0 Å². The van der Waals surface area contributed by atoms with Crippen molar-refractivity contribution in [1.82, 2.24) is 20.2 Å². The molecule has 2 aliphatic heterocycles. The summed E-state index contributed by atoms with van der Waals surface area (Å²) in [5.41, 5.74) is 2.35. The fourth-order valence-electron chi connectivity index (χ4n) is 5.35. The third-order valence-corrected chi connectivity index (χ3v) is 6.93. The Morgan fingerprint density at radius 3 is 2.60 bits per heavy atom. The Morgan fingerprint density at radius 2 is 1.83 bits per heavy atom. The van der Waals surface area contributed by atoms with Gasteiger partial charge in [0.15, 0.2) is 5.82 Å². The predicted octanol–water partition coefficient (Wildman–Crippen LogP) is 2.92. The Bertz CT molecular complexity index is 790. The summed E-state index contributed by atoms with van der Waals surface area (Å²) in [4.78, 5) is 38.2. The first-order chi connectivity index (χ1) is 14.5. The molecule has 0 bridgehead atoms. The van der Waals surface area contributed by atoms with E-state index < -0.39 is 0 Å². The summed E-state index contributed by atoms with van der Waals surface area (Å²) >= 11 is 0. The molecule has 4 rings (SSSR count). The largest absolute Gasteiger partial charge is 0.356 e. The lowest BCUT2D eigenvalue weighted by Crippen LogP contribution is -2.40. The smallest absolute Gasteiger partial charge is 0.242 e. The number of nitrogens with one attached hydrogen (secondary N) is 1. The second kappa shape index (κ2) is 9.31. The van der Waals surface area contributed by atoms with Crippen molar-refractivity contribution in [2.75, 3.05) is 31.1 Å². The fraction of sp³-hybridized carbons (Fsp3) is 0.739. The summed E-state index contributed by atoms with van der Waals surface area (Å²) in [6, 6.07) is -0.0892. The second-order valence-electron chi connectivity index (χ2n) is 9.18. The maximum absolute atomic E-state index is 12.7. The Labute approximate surface area is 179 Å². The van der Waals surface area contributed by atoms with Crippen LogP contribution in [0.25, 0.3) is 0 Å². The molecular weight excluding hydrogens is 378 g/mol. The van der Waals surface area contributed by atoms with Crippen LogP contribution in [-0.4, -0.2) is 52.9 Å². The van der Waals surface area contributed by atoms with Gasteiger partial charge >= 0.3 is 0 Å². The van der Waals surface area contributed by atoms with Crippen LogP contribution in [0.2, 0.25) is 0 Å². The predicted molar refractivity (Wildman–Crippen MR) is 116 cm³/mol. The molecule has 1 N–H and O–H groups in total. The zero-order chi connectivity index (χ0) is 21.1. The molecule has 164 valence electrons. The number of rotatable bonds is 5. The van der Waals surface area contributed by atoms with Gasteiger partial charge < -0.3 is 15.1 Å². The SMILES string of the molecule is CC(=O)NCC(=O)N1CCCC1c1nc(C)c2c(n1)N(CC1CCCCC1)CCC2. The van der Waals surface area contributed by atoms with E-state index in [1.54, 1.807) is 0 Å². The van der Waals surface area contributed by atoms with Crippen LogP contribution in [0.15, 0.2) is 0 Å². The summed E-state index contributed by atoms with van der Waals surface area (Å²) in [7, 11) is 0. The number of aryl methyl sites for hydroxylation is 1. The lowest BCUT2D eigenvalue weighted by atomic mass is 9.88. The molecule has 0 radical (unpaired) electrons. The van der Waals surface area contributed by atoms with Gasteiger partial charge in [0.1, 0.15) is 5.82 Å². The monoisotopic (exact) mass is 413 g/mol. The van der Waals surface area contributed by atoms with Gasteiger partial charge in [-0.3, -0.25) is 9.59 Å². The number of carbonyl (C=O) groups excluding carboxylic acids is 2. The van der Waals surface area contributed by atoms with Crippen LogP contribution in [0.4, 0.5) is 5.82 Å². The summed E-state index contributed by atoms with van der Waals surface area (Å²) in [6.07, 6.45) is 10.8. The Morgan fingerprint density at radius 1 is 1.03 bits per heavy atom. The van der Waals surface area contributed by atoms with Crippen molar-refractivity contribution in [2.24, 2.45) is 5.92 Å². The van der Waals surface area contributed by atoms with E-state index in [1.165, 1.54) is 44.6 Å². The first-order valence-electron chi connectivity index (χ1n) is 11.7. The highest BCUT2D eigenvalue weighted by Crippen LogP contribution is 2.35. The van der Waals surface area contributed by atoms with Gasteiger partial charge in [-0.05, 0) is 51.4 Å². The minimum Gasteiger partial charge on any atom is -0.356 e. The number of hydrogen-bond acceptors (Lipinski definition) is 5. The van der Waals surface area contributed by atoms with Gasteiger partial charge in [0.05, 0.1) is 12.6 Å². The fourth-order valence-corrected chi connectivity index (χ4v) is 5.35. The molecule has 7 heteroatoms. The molecule has 1 atom stereocenters. The molecule has 1 aromatic heterocycles. The van der Waals surface area contributed by atoms with Crippen LogP contribution >= 0.6 is 0 Å². The van der Waals surface area contributed by atoms with Gasteiger partial charge in [0, 0.05) is 37.8 Å². The Balaban J connectivity index is 1.55. The minimum absolute atomic E-state index is 0.0452. The third kappa shape index (κ3) is 4.60. The van der Waals surface area contributed by atoms with Crippen molar-refractivity contribution in [1.29, 1.82) is 0 Å². The van der Waals surface area contributed by atoms with Crippen LogP contribution in [0.3, 0.4) is 0 Å². The van der Waals surface area contributed by atoms with E-state index in [0.717, 1.165) is 62.0 Å². The number of aromatic nitrogens is 2. The van der Waals surface area contributed by atoms with Crippen LogP contribution in [-0.2, 0) is 16.0 Å². The highest BCUT2D eigenvalue weighted by Gasteiger charge is 2.34. The molecule has 1 unspecified atom stereocenters. The van der Waals surface area contributed by atoms with Crippen LogP contribution in [0.1, 0.15) is 81.4 Å². The number of likely N-dealkylation sites (tertiary alicyclic amines) is 1. The van der Waals surface area contributed by atoms with E-state index in [0.29, 0.717) is 6.54 Å².